The summed E-state index contributed by atoms with van der Waals surface area (Å²) in [6, 6.07) is 3.61. The third-order valence-corrected chi connectivity index (χ3v) is 3.12. The highest BCUT2D eigenvalue weighted by atomic mass is 16.5. The Hall–Kier alpha value is -2.02. The van der Waals surface area contributed by atoms with E-state index in [1.54, 1.807) is 7.11 Å². The quantitative estimate of drug-likeness (QED) is 0.824. The number of aryl methyl sites for hydroxylation is 1. The second-order valence-corrected chi connectivity index (χ2v) is 4.25. The van der Waals surface area contributed by atoms with Crippen molar-refractivity contribution in [2.75, 3.05) is 13.7 Å². The summed E-state index contributed by atoms with van der Waals surface area (Å²) in [5, 5.41) is 10.9. The molecule has 0 saturated heterocycles. The van der Waals surface area contributed by atoms with E-state index in [9.17, 15) is 4.79 Å². The van der Waals surface area contributed by atoms with Gasteiger partial charge in [0.15, 0.2) is 6.07 Å². The van der Waals surface area contributed by atoms with Crippen LogP contribution in [0.2, 0.25) is 0 Å². The molecule has 0 bridgehead atoms. The Morgan fingerprint density at radius 1 is 1.39 bits per heavy atom. The summed E-state index contributed by atoms with van der Waals surface area (Å²) in [5.41, 5.74) is 4.55. The van der Waals surface area contributed by atoms with Gasteiger partial charge in [0.1, 0.15) is 5.75 Å². The Kier molecular flexibility index (Phi) is 4.73. The van der Waals surface area contributed by atoms with E-state index >= 15 is 0 Å². The average molecular weight is 246 g/mol. The normalized spacial score (nSPS) is 9.72. The van der Waals surface area contributed by atoms with Crippen LogP contribution < -0.4 is 10.1 Å². The molecule has 1 amide bonds. The minimum absolute atomic E-state index is 0.471. The molecular formula is C14H18N2O2. The first-order valence-electron chi connectivity index (χ1n) is 5.82. The zero-order valence-electron chi connectivity index (χ0n) is 11.3. The maximum Gasteiger partial charge on any atom is 0.322 e. The van der Waals surface area contributed by atoms with Crippen molar-refractivity contribution < 1.29 is 9.53 Å². The van der Waals surface area contributed by atoms with Crippen LogP contribution in [-0.4, -0.2) is 19.6 Å². The third-order valence-electron chi connectivity index (χ3n) is 3.12. The molecule has 0 saturated carbocycles. The predicted molar refractivity (Wildman–Crippen MR) is 69.5 cm³/mol. The van der Waals surface area contributed by atoms with Crippen LogP contribution >= 0.6 is 0 Å². The molecule has 4 nitrogen and oxygen atoms in total. The van der Waals surface area contributed by atoms with E-state index in [0.29, 0.717) is 13.0 Å². The van der Waals surface area contributed by atoms with Crippen molar-refractivity contribution >= 4 is 5.91 Å². The van der Waals surface area contributed by atoms with Crippen LogP contribution in [0.4, 0.5) is 0 Å². The number of nitrogens with one attached hydrogen (secondary N) is 1. The van der Waals surface area contributed by atoms with E-state index in [-0.39, 0.29) is 0 Å². The lowest BCUT2D eigenvalue weighted by Crippen LogP contribution is -2.24. The van der Waals surface area contributed by atoms with Gasteiger partial charge < -0.3 is 10.1 Å². The number of rotatable bonds is 4. The van der Waals surface area contributed by atoms with Gasteiger partial charge in [-0.2, -0.15) is 5.26 Å². The Bertz CT molecular complexity index is 501. The molecule has 1 N–H and O–H groups in total. The molecule has 1 aromatic rings. The Balaban J connectivity index is 2.85. The Labute approximate surface area is 108 Å². The summed E-state index contributed by atoms with van der Waals surface area (Å²) >= 11 is 0. The number of ether oxygens (including phenoxy) is 1. The molecule has 0 spiro atoms. The van der Waals surface area contributed by atoms with Gasteiger partial charge in [-0.3, -0.25) is 4.79 Å². The second kappa shape index (κ2) is 6.06. The fourth-order valence-corrected chi connectivity index (χ4v) is 2.07. The Morgan fingerprint density at radius 2 is 2.06 bits per heavy atom. The molecular weight excluding hydrogens is 228 g/mol. The van der Waals surface area contributed by atoms with E-state index in [2.05, 4.69) is 11.4 Å². The van der Waals surface area contributed by atoms with Gasteiger partial charge in [0.2, 0.25) is 0 Å². The van der Waals surface area contributed by atoms with Gasteiger partial charge in [-0.15, -0.1) is 0 Å². The molecule has 0 unspecified atom stereocenters. The Morgan fingerprint density at radius 3 is 2.61 bits per heavy atom. The molecule has 96 valence electrons. The summed E-state index contributed by atoms with van der Waals surface area (Å²) in [7, 11) is 1.67. The highest BCUT2D eigenvalue weighted by Crippen LogP contribution is 2.28. The first-order chi connectivity index (χ1) is 8.51. The molecule has 0 aliphatic heterocycles. The molecule has 0 atom stereocenters. The number of nitrogens with zero attached hydrogens (tertiary/aromatic N) is 1. The number of benzene rings is 1. The first kappa shape index (κ1) is 14.0. The van der Waals surface area contributed by atoms with Crippen molar-refractivity contribution in [1.29, 1.82) is 5.26 Å². The molecule has 18 heavy (non-hydrogen) atoms. The molecule has 0 fully saturated rings. The van der Waals surface area contributed by atoms with Crippen LogP contribution in [-0.2, 0) is 11.2 Å². The number of hydrogen-bond acceptors (Lipinski definition) is 3. The van der Waals surface area contributed by atoms with Gasteiger partial charge in [-0.25, -0.2) is 0 Å². The predicted octanol–water partition coefficient (Wildman–Crippen LogP) is 1.80. The number of carbonyl (C=O) groups is 1. The van der Waals surface area contributed by atoms with E-state index in [1.807, 2.05) is 20.8 Å². The van der Waals surface area contributed by atoms with Crippen molar-refractivity contribution in [1.82, 2.24) is 5.32 Å². The number of hydrogen-bond donors (Lipinski definition) is 1. The zero-order chi connectivity index (χ0) is 13.7. The number of nitriles is 1. The smallest absolute Gasteiger partial charge is 0.322 e. The fourth-order valence-electron chi connectivity index (χ4n) is 2.07. The minimum Gasteiger partial charge on any atom is -0.496 e. The SMILES string of the molecule is COc1c(C)cc(CCNC(=O)C#N)c(C)c1C. The van der Waals surface area contributed by atoms with Crippen LogP contribution in [0.25, 0.3) is 0 Å². The summed E-state index contributed by atoms with van der Waals surface area (Å²) in [4.78, 5) is 10.8. The van der Waals surface area contributed by atoms with Gasteiger partial charge >= 0.3 is 5.91 Å². The van der Waals surface area contributed by atoms with E-state index in [0.717, 1.165) is 16.9 Å². The molecule has 0 heterocycles. The van der Waals surface area contributed by atoms with Crippen molar-refractivity contribution in [3.05, 3.63) is 28.3 Å². The van der Waals surface area contributed by atoms with Gasteiger partial charge in [0, 0.05) is 6.54 Å². The lowest BCUT2D eigenvalue weighted by molar-refractivity contribution is -0.115. The van der Waals surface area contributed by atoms with E-state index in [1.165, 1.54) is 17.2 Å². The molecule has 0 aliphatic rings. The van der Waals surface area contributed by atoms with E-state index in [4.69, 9.17) is 10.00 Å². The summed E-state index contributed by atoms with van der Waals surface area (Å²) in [6.07, 6.45) is 0.713. The molecule has 0 aromatic heterocycles. The summed E-state index contributed by atoms with van der Waals surface area (Å²) in [6.45, 7) is 6.54. The zero-order valence-corrected chi connectivity index (χ0v) is 11.3. The number of methoxy groups -OCH3 is 1. The van der Waals surface area contributed by atoms with Crippen LogP contribution in [0.1, 0.15) is 22.3 Å². The standard InChI is InChI=1S/C14H18N2O2/c1-9-7-12(5-6-16-13(17)8-15)10(2)11(3)14(9)18-4/h7H,5-6H2,1-4H3,(H,16,17). The molecule has 1 rings (SSSR count). The van der Waals surface area contributed by atoms with Crippen molar-refractivity contribution in [3.63, 3.8) is 0 Å². The number of carbonyl (C=O) groups excluding carboxylic acids is 1. The summed E-state index contributed by atoms with van der Waals surface area (Å²) < 4.78 is 5.36. The fraction of sp³-hybridized carbons (Fsp3) is 0.429. The first-order valence-corrected chi connectivity index (χ1v) is 5.82. The van der Waals surface area contributed by atoms with E-state index < -0.39 is 5.91 Å². The van der Waals surface area contributed by atoms with Crippen LogP contribution in [0.15, 0.2) is 6.07 Å². The lowest BCUT2D eigenvalue weighted by Gasteiger charge is -2.15. The third kappa shape index (κ3) is 3.01. The van der Waals surface area contributed by atoms with Gasteiger partial charge in [0.25, 0.3) is 0 Å². The highest BCUT2D eigenvalue weighted by Gasteiger charge is 2.10. The van der Waals surface area contributed by atoms with Crippen molar-refractivity contribution in [2.45, 2.75) is 27.2 Å². The molecule has 0 radical (unpaired) electrons. The van der Waals surface area contributed by atoms with Gasteiger partial charge in [0.05, 0.1) is 7.11 Å². The van der Waals surface area contributed by atoms with Crippen LogP contribution in [0, 0.1) is 32.1 Å². The molecule has 4 heteroatoms. The maximum atomic E-state index is 10.8. The monoisotopic (exact) mass is 246 g/mol. The molecule has 0 aliphatic carbocycles. The lowest BCUT2D eigenvalue weighted by atomic mass is 9.96. The second-order valence-electron chi connectivity index (χ2n) is 4.25. The van der Waals surface area contributed by atoms with Crippen LogP contribution in [0.5, 0.6) is 5.75 Å². The molecule has 1 aromatic carbocycles. The average Bonchev–Trinajstić information content (AvgIpc) is 2.35. The largest absolute Gasteiger partial charge is 0.496 e. The maximum absolute atomic E-state index is 10.8. The van der Waals surface area contributed by atoms with Crippen LogP contribution in [0.3, 0.4) is 0 Å². The van der Waals surface area contributed by atoms with Crippen molar-refractivity contribution in [3.8, 4) is 11.8 Å². The minimum atomic E-state index is -0.588. The van der Waals surface area contributed by atoms with Gasteiger partial charge in [-0.1, -0.05) is 6.07 Å². The van der Waals surface area contributed by atoms with Crippen molar-refractivity contribution in [2.24, 2.45) is 0 Å². The highest BCUT2D eigenvalue weighted by molar-refractivity contribution is 5.91. The van der Waals surface area contributed by atoms with Gasteiger partial charge in [-0.05, 0) is 49.4 Å². The summed E-state index contributed by atoms with van der Waals surface area (Å²) in [5.74, 6) is 0.326. The topological polar surface area (TPSA) is 62.1 Å². The number of amides is 1.